The first kappa shape index (κ1) is 35.0. The van der Waals surface area contributed by atoms with Crippen LogP contribution in [0, 0.1) is 0 Å². The van der Waals surface area contributed by atoms with E-state index in [4.69, 9.17) is 4.74 Å². The molecule has 0 N–H and O–H groups in total. The molecular formula is C48H34OS4. The molecule has 53 heavy (non-hydrogen) atoms. The van der Waals surface area contributed by atoms with Gasteiger partial charge in [0, 0.05) is 40.5 Å². The molecule has 5 heteroatoms. The van der Waals surface area contributed by atoms with Gasteiger partial charge < -0.3 is 4.74 Å². The highest BCUT2D eigenvalue weighted by atomic mass is 32.2. The molecule has 0 fully saturated rings. The van der Waals surface area contributed by atoms with Gasteiger partial charge in [-0.05, 0) is 83.9 Å². The standard InChI is InChI=1S/C48H34OS4/c1-7-19-35(20-8-1)41-31-33-43(50-37-23-11-3-12-24-37)47(52-39-27-15-5-16-28-39)45(41)49-46-42(36-21-9-2-10-22-36)32-34-44(51-38-25-13-4-14-26-38)48(46)53-40-29-17-6-18-30-40/h1-34H. The zero-order chi connectivity index (χ0) is 35.7. The summed E-state index contributed by atoms with van der Waals surface area (Å²) in [7, 11) is 0. The molecule has 0 unspecified atom stereocenters. The summed E-state index contributed by atoms with van der Waals surface area (Å²) in [5, 5.41) is 0. The summed E-state index contributed by atoms with van der Waals surface area (Å²) in [6.07, 6.45) is 0. The van der Waals surface area contributed by atoms with Crippen molar-refractivity contribution in [2.24, 2.45) is 0 Å². The Labute approximate surface area is 328 Å². The van der Waals surface area contributed by atoms with Crippen molar-refractivity contribution in [3.8, 4) is 33.8 Å². The van der Waals surface area contributed by atoms with Crippen LogP contribution >= 0.6 is 47.0 Å². The number of benzene rings is 8. The molecule has 8 aromatic rings. The fourth-order valence-electron chi connectivity index (χ4n) is 5.88. The van der Waals surface area contributed by atoms with Crippen molar-refractivity contribution in [1.29, 1.82) is 0 Å². The molecule has 0 radical (unpaired) electrons. The van der Waals surface area contributed by atoms with Gasteiger partial charge in [0.1, 0.15) is 11.5 Å². The summed E-state index contributed by atoms with van der Waals surface area (Å²) in [6, 6.07) is 72.5. The van der Waals surface area contributed by atoms with Crippen molar-refractivity contribution in [1.82, 2.24) is 0 Å². The Kier molecular flexibility index (Phi) is 11.4. The summed E-state index contributed by atoms with van der Waals surface area (Å²) >= 11 is 7.03. The van der Waals surface area contributed by atoms with Crippen molar-refractivity contribution in [2.45, 2.75) is 39.2 Å². The van der Waals surface area contributed by atoms with E-state index >= 15 is 0 Å². The summed E-state index contributed by atoms with van der Waals surface area (Å²) < 4.78 is 7.64. The lowest BCUT2D eigenvalue weighted by atomic mass is 10.0. The monoisotopic (exact) mass is 754 g/mol. The van der Waals surface area contributed by atoms with Crippen LogP contribution in [0.15, 0.2) is 245 Å². The molecule has 0 bridgehead atoms. The van der Waals surface area contributed by atoms with Gasteiger partial charge in [-0.25, -0.2) is 0 Å². The molecule has 1 nitrogen and oxygen atoms in total. The minimum atomic E-state index is 0.833. The molecule has 0 heterocycles. The van der Waals surface area contributed by atoms with Crippen LogP contribution in [0.25, 0.3) is 22.3 Å². The molecule has 8 aromatic carbocycles. The first-order valence-electron chi connectivity index (χ1n) is 17.3. The van der Waals surface area contributed by atoms with E-state index in [1.165, 1.54) is 9.79 Å². The highest BCUT2D eigenvalue weighted by Crippen LogP contribution is 2.54. The van der Waals surface area contributed by atoms with E-state index in [2.05, 4.69) is 206 Å². The largest absolute Gasteiger partial charge is 0.454 e. The SMILES string of the molecule is c1ccc(Sc2ccc(-c3ccccc3)c(Oc3c(-c4ccccc4)ccc(Sc4ccccc4)c3Sc3ccccc3)c2Sc2ccccc2)cc1. The Morgan fingerprint density at radius 2 is 0.547 bits per heavy atom. The van der Waals surface area contributed by atoms with Crippen LogP contribution in [0.1, 0.15) is 0 Å². The second-order valence-electron chi connectivity index (χ2n) is 12.0. The van der Waals surface area contributed by atoms with Gasteiger partial charge in [-0.15, -0.1) is 0 Å². The van der Waals surface area contributed by atoms with Gasteiger partial charge in [0.2, 0.25) is 0 Å². The molecule has 8 rings (SSSR count). The second kappa shape index (κ2) is 17.2. The van der Waals surface area contributed by atoms with Crippen molar-refractivity contribution >= 4 is 47.0 Å². The smallest absolute Gasteiger partial charge is 0.150 e. The van der Waals surface area contributed by atoms with Crippen LogP contribution in [0.5, 0.6) is 11.5 Å². The molecule has 0 saturated carbocycles. The molecule has 0 aliphatic heterocycles. The minimum Gasteiger partial charge on any atom is -0.454 e. The van der Waals surface area contributed by atoms with E-state index in [0.29, 0.717) is 0 Å². The van der Waals surface area contributed by atoms with Crippen LogP contribution in [0.4, 0.5) is 0 Å². The van der Waals surface area contributed by atoms with E-state index < -0.39 is 0 Å². The molecule has 0 amide bonds. The molecular weight excluding hydrogens is 721 g/mol. The van der Waals surface area contributed by atoms with Crippen molar-refractivity contribution in [3.05, 3.63) is 206 Å². The zero-order valence-electron chi connectivity index (χ0n) is 28.7. The molecule has 0 aliphatic rings. The lowest BCUT2D eigenvalue weighted by Gasteiger charge is -2.23. The van der Waals surface area contributed by atoms with Gasteiger partial charge in [-0.3, -0.25) is 0 Å². The van der Waals surface area contributed by atoms with Gasteiger partial charge in [0.15, 0.2) is 0 Å². The van der Waals surface area contributed by atoms with Gasteiger partial charge in [0.05, 0.1) is 9.79 Å². The van der Waals surface area contributed by atoms with Crippen LogP contribution in [-0.2, 0) is 0 Å². The molecule has 256 valence electrons. The summed E-state index contributed by atoms with van der Waals surface area (Å²) in [4.78, 5) is 9.05. The van der Waals surface area contributed by atoms with E-state index in [1.54, 1.807) is 47.0 Å². The normalized spacial score (nSPS) is 10.9. The zero-order valence-corrected chi connectivity index (χ0v) is 31.9. The highest BCUT2D eigenvalue weighted by molar-refractivity contribution is 8.03. The first-order valence-corrected chi connectivity index (χ1v) is 20.6. The van der Waals surface area contributed by atoms with Gasteiger partial charge >= 0.3 is 0 Å². The molecule has 0 saturated heterocycles. The number of rotatable bonds is 12. The second-order valence-corrected chi connectivity index (χ2v) is 16.4. The topological polar surface area (TPSA) is 9.23 Å². The third kappa shape index (κ3) is 8.62. The van der Waals surface area contributed by atoms with E-state index in [9.17, 15) is 0 Å². The van der Waals surface area contributed by atoms with Crippen LogP contribution in [0.3, 0.4) is 0 Å². The molecule has 0 aromatic heterocycles. The van der Waals surface area contributed by atoms with Crippen molar-refractivity contribution in [3.63, 3.8) is 0 Å². The summed E-state index contributed by atoms with van der Waals surface area (Å²) in [5.74, 6) is 1.67. The fourth-order valence-corrected chi connectivity index (χ4v) is 10.0. The van der Waals surface area contributed by atoms with E-state index in [1.807, 2.05) is 0 Å². The Morgan fingerprint density at radius 3 is 0.868 bits per heavy atom. The molecule has 0 atom stereocenters. The average Bonchev–Trinajstić information content (AvgIpc) is 3.22. The van der Waals surface area contributed by atoms with Crippen molar-refractivity contribution in [2.75, 3.05) is 0 Å². The Hall–Kier alpha value is -5.04. The number of hydrogen-bond acceptors (Lipinski definition) is 5. The maximum Gasteiger partial charge on any atom is 0.150 e. The number of ether oxygens (including phenoxy) is 1. The predicted octanol–water partition coefficient (Wildman–Crippen LogP) is 15.4. The number of hydrogen-bond donors (Lipinski definition) is 0. The quantitative estimate of drug-likeness (QED) is 0.122. The van der Waals surface area contributed by atoms with Crippen LogP contribution in [0.2, 0.25) is 0 Å². The van der Waals surface area contributed by atoms with E-state index in [-0.39, 0.29) is 0 Å². The summed E-state index contributed by atoms with van der Waals surface area (Å²) in [5.41, 5.74) is 4.28. The first-order chi connectivity index (χ1) is 26.3. The van der Waals surface area contributed by atoms with E-state index in [0.717, 1.165) is 63.1 Å². The third-order valence-corrected chi connectivity index (χ3v) is 13.0. The maximum atomic E-state index is 7.64. The Bertz CT molecular complexity index is 2220. The molecule has 0 spiro atoms. The van der Waals surface area contributed by atoms with Crippen LogP contribution in [-0.4, -0.2) is 0 Å². The van der Waals surface area contributed by atoms with Crippen LogP contribution < -0.4 is 4.74 Å². The minimum absolute atomic E-state index is 0.833. The fraction of sp³-hybridized carbons (Fsp3) is 0. The summed E-state index contributed by atoms with van der Waals surface area (Å²) in [6.45, 7) is 0. The lowest BCUT2D eigenvalue weighted by Crippen LogP contribution is -1.98. The Morgan fingerprint density at radius 1 is 0.264 bits per heavy atom. The lowest BCUT2D eigenvalue weighted by molar-refractivity contribution is 0.458. The average molecular weight is 755 g/mol. The Balaban J connectivity index is 1.39. The third-order valence-electron chi connectivity index (χ3n) is 8.39. The predicted molar refractivity (Wildman–Crippen MR) is 226 cm³/mol. The van der Waals surface area contributed by atoms with Gasteiger partial charge in [0.25, 0.3) is 0 Å². The highest BCUT2D eigenvalue weighted by Gasteiger charge is 2.25. The van der Waals surface area contributed by atoms with Gasteiger partial charge in [-0.1, -0.05) is 181 Å². The van der Waals surface area contributed by atoms with Gasteiger partial charge in [-0.2, -0.15) is 0 Å². The molecule has 0 aliphatic carbocycles. The van der Waals surface area contributed by atoms with Crippen molar-refractivity contribution < 1.29 is 4.74 Å². The maximum absolute atomic E-state index is 7.64.